The van der Waals surface area contributed by atoms with Gasteiger partial charge in [-0.2, -0.15) is 10.1 Å². The van der Waals surface area contributed by atoms with Crippen LogP contribution in [-0.4, -0.2) is 45.0 Å². The number of rotatable bonds is 7. The van der Waals surface area contributed by atoms with Crippen LogP contribution in [0.1, 0.15) is 31.3 Å². The van der Waals surface area contributed by atoms with Gasteiger partial charge in [0, 0.05) is 30.9 Å². The van der Waals surface area contributed by atoms with Gasteiger partial charge >= 0.3 is 6.03 Å². The minimum atomic E-state index is -0.423. The Kier molecular flexibility index (Phi) is 5.93. The number of hydrogen-bond acceptors (Lipinski definition) is 6. The summed E-state index contributed by atoms with van der Waals surface area (Å²) >= 11 is 0. The summed E-state index contributed by atoms with van der Waals surface area (Å²) in [6.07, 6.45) is 3.68. The molecule has 2 aromatic heterocycles. The van der Waals surface area contributed by atoms with Gasteiger partial charge in [-0.25, -0.2) is 4.79 Å². The molecule has 0 bridgehead atoms. The van der Waals surface area contributed by atoms with E-state index in [1.165, 1.54) is 0 Å². The van der Waals surface area contributed by atoms with Gasteiger partial charge in [-0.05, 0) is 38.1 Å². The molecule has 9 heteroatoms. The maximum absolute atomic E-state index is 12.4. The van der Waals surface area contributed by atoms with Crippen molar-refractivity contribution in [3.05, 3.63) is 48.1 Å². The molecule has 0 saturated carbocycles. The zero-order chi connectivity index (χ0) is 20.1. The third-order valence-corrected chi connectivity index (χ3v) is 4.28. The maximum Gasteiger partial charge on any atom is 0.318 e. The highest BCUT2D eigenvalue weighted by Crippen LogP contribution is 2.21. The van der Waals surface area contributed by atoms with Crippen molar-refractivity contribution in [2.24, 2.45) is 0 Å². The molecule has 0 aliphatic carbocycles. The Balaban J connectivity index is 1.59. The lowest BCUT2D eigenvalue weighted by molar-refractivity contribution is 0.200. The molecule has 2 amide bonds. The van der Waals surface area contributed by atoms with E-state index in [0.29, 0.717) is 18.3 Å². The van der Waals surface area contributed by atoms with Crippen LogP contribution >= 0.6 is 0 Å². The summed E-state index contributed by atoms with van der Waals surface area (Å²) in [5, 5.41) is 11.1. The predicted molar refractivity (Wildman–Crippen MR) is 103 cm³/mol. The van der Waals surface area contributed by atoms with Crippen molar-refractivity contribution >= 4 is 6.03 Å². The standard InChI is InChI=1S/C19H24N6O3/c1-5-25-12-14(10-20-25)11-24(3)19(26)21-13(2)18-22-17(23-28-18)15-6-8-16(27-4)9-7-15/h6-10,12-13H,5,11H2,1-4H3,(H,21,26)/t13-/m0/s1. The molecule has 28 heavy (non-hydrogen) atoms. The van der Waals surface area contributed by atoms with E-state index < -0.39 is 6.04 Å². The van der Waals surface area contributed by atoms with Crippen LogP contribution in [0, 0.1) is 0 Å². The first-order valence-corrected chi connectivity index (χ1v) is 9.01. The lowest BCUT2D eigenvalue weighted by Crippen LogP contribution is -2.38. The predicted octanol–water partition coefficient (Wildman–Crippen LogP) is 2.86. The van der Waals surface area contributed by atoms with Crippen molar-refractivity contribution in [2.75, 3.05) is 14.2 Å². The molecule has 0 aliphatic heterocycles. The topological polar surface area (TPSA) is 98.3 Å². The third-order valence-electron chi connectivity index (χ3n) is 4.28. The SMILES string of the molecule is CCn1cc(CN(C)C(=O)N[C@@H](C)c2nc(-c3ccc(OC)cc3)no2)cn1. The van der Waals surface area contributed by atoms with Gasteiger partial charge in [-0.3, -0.25) is 4.68 Å². The highest BCUT2D eigenvalue weighted by atomic mass is 16.5. The van der Waals surface area contributed by atoms with Crippen LogP contribution in [0.2, 0.25) is 0 Å². The van der Waals surface area contributed by atoms with Crippen molar-refractivity contribution in [1.82, 2.24) is 30.1 Å². The molecule has 0 aliphatic rings. The number of ether oxygens (including phenoxy) is 1. The number of amides is 2. The number of hydrogen-bond donors (Lipinski definition) is 1. The molecule has 1 aromatic carbocycles. The van der Waals surface area contributed by atoms with E-state index in [2.05, 4.69) is 20.6 Å². The molecule has 0 saturated heterocycles. The molecule has 0 radical (unpaired) electrons. The monoisotopic (exact) mass is 384 g/mol. The summed E-state index contributed by atoms with van der Waals surface area (Å²) in [6.45, 7) is 5.06. The summed E-state index contributed by atoms with van der Waals surface area (Å²) in [7, 11) is 3.33. The Morgan fingerprint density at radius 3 is 2.75 bits per heavy atom. The number of aryl methyl sites for hydroxylation is 1. The molecule has 148 valence electrons. The van der Waals surface area contributed by atoms with E-state index in [1.807, 2.05) is 42.1 Å². The van der Waals surface area contributed by atoms with Crippen LogP contribution in [0.4, 0.5) is 4.79 Å². The molecule has 3 aromatic rings. The Morgan fingerprint density at radius 2 is 2.11 bits per heavy atom. The van der Waals surface area contributed by atoms with Crippen molar-refractivity contribution in [3.63, 3.8) is 0 Å². The molecular formula is C19H24N6O3. The normalized spacial score (nSPS) is 11.9. The molecule has 1 N–H and O–H groups in total. The molecule has 0 spiro atoms. The van der Waals surface area contributed by atoms with Crippen LogP contribution < -0.4 is 10.1 Å². The van der Waals surface area contributed by atoms with Crippen molar-refractivity contribution in [3.8, 4) is 17.1 Å². The minimum Gasteiger partial charge on any atom is -0.497 e. The minimum absolute atomic E-state index is 0.235. The smallest absolute Gasteiger partial charge is 0.318 e. The van der Waals surface area contributed by atoms with Crippen LogP contribution in [0.15, 0.2) is 41.2 Å². The van der Waals surface area contributed by atoms with Crippen molar-refractivity contribution < 1.29 is 14.1 Å². The number of carbonyl (C=O) groups excluding carboxylic acids is 1. The summed E-state index contributed by atoms with van der Waals surface area (Å²) in [6, 6.07) is 6.69. The van der Waals surface area contributed by atoms with E-state index in [-0.39, 0.29) is 6.03 Å². The van der Waals surface area contributed by atoms with Gasteiger partial charge in [0.2, 0.25) is 11.7 Å². The van der Waals surface area contributed by atoms with E-state index in [0.717, 1.165) is 23.4 Å². The van der Waals surface area contributed by atoms with Gasteiger partial charge in [0.25, 0.3) is 0 Å². The van der Waals surface area contributed by atoms with E-state index >= 15 is 0 Å². The number of methoxy groups -OCH3 is 1. The Hall–Kier alpha value is -3.36. The van der Waals surface area contributed by atoms with Crippen LogP contribution in [0.25, 0.3) is 11.4 Å². The van der Waals surface area contributed by atoms with Crippen LogP contribution in [0.3, 0.4) is 0 Å². The van der Waals surface area contributed by atoms with E-state index in [1.54, 1.807) is 32.2 Å². The molecule has 2 heterocycles. The van der Waals surface area contributed by atoms with Gasteiger partial charge in [-0.1, -0.05) is 5.16 Å². The number of nitrogens with zero attached hydrogens (tertiary/aromatic N) is 5. The molecular weight excluding hydrogens is 360 g/mol. The Bertz CT molecular complexity index is 918. The number of urea groups is 1. The van der Waals surface area contributed by atoms with Gasteiger partial charge < -0.3 is 19.5 Å². The van der Waals surface area contributed by atoms with Crippen LogP contribution in [-0.2, 0) is 13.1 Å². The lowest BCUT2D eigenvalue weighted by atomic mass is 10.2. The highest BCUT2D eigenvalue weighted by Gasteiger charge is 2.19. The molecule has 0 unspecified atom stereocenters. The summed E-state index contributed by atoms with van der Waals surface area (Å²) in [4.78, 5) is 18.4. The zero-order valence-electron chi connectivity index (χ0n) is 16.4. The molecule has 9 nitrogen and oxygen atoms in total. The highest BCUT2D eigenvalue weighted by molar-refractivity contribution is 5.74. The summed E-state index contributed by atoms with van der Waals surface area (Å²) < 4.78 is 12.3. The number of carbonyl (C=O) groups is 1. The third kappa shape index (κ3) is 4.48. The summed E-state index contributed by atoms with van der Waals surface area (Å²) in [5.74, 6) is 1.55. The number of aromatic nitrogens is 4. The van der Waals surface area contributed by atoms with E-state index in [9.17, 15) is 4.79 Å². The first-order chi connectivity index (χ1) is 13.5. The number of benzene rings is 1. The van der Waals surface area contributed by atoms with Gasteiger partial charge in [0.05, 0.1) is 19.9 Å². The van der Waals surface area contributed by atoms with Crippen molar-refractivity contribution in [1.29, 1.82) is 0 Å². The van der Waals surface area contributed by atoms with Gasteiger partial charge in [0.1, 0.15) is 11.8 Å². The average Bonchev–Trinajstić information content (AvgIpc) is 3.37. The van der Waals surface area contributed by atoms with Crippen molar-refractivity contribution in [2.45, 2.75) is 33.0 Å². The maximum atomic E-state index is 12.4. The van der Waals surface area contributed by atoms with Gasteiger partial charge in [0.15, 0.2) is 0 Å². The van der Waals surface area contributed by atoms with Gasteiger partial charge in [-0.15, -0.1) is 0 Å². The largest absolute Gasteiger partial charge is 0.497 e. The molecule has 1 atom stereocenters. The summed E-state index contributed by atoms with van der Waals surface area (Å²) in [5.41, 5.74) is 1.77. The second-order valence-electron chi connectivity index (χ2n) is 6.42. The first-order valence-electron chi connectivity index (χ1n) is 9.01. The fourth-order valence-corrected chi connectivity index (χ4v) is 2.63. The second kappa shape index (κ2) is 8.55. The Morgan fingerprint density at radius 1 is 1.36 bits per heavy atom. The molecule has 0 fully saturated rings. The Labute approximate surface area is 163 Å². The second-order valence-corrected chi connectivity index (χ2v) is 6.42. The average molecular weight is 384 g/mol. The molecule has 3 rings (SSSR count). The fraction of sp³-hybridized carbons (Fsp3) is 0.368. The fourth-order valence-electron chi connectivity index (χ4n) is 2.63. The van der Waals surface area contributed by atoms with E-state index in [4.69, 9.17) is 9.26 Å². The van der Waals surface area contributed by atoms with Crippen LogP contribution in [0.5, 0.6) is 5.75 Å². The quantitative estimate of drug-likeness (QED) is 0.673. The first kappa shape index (κ1) is 19.4. The zero-order valence-corrected chi connectivity index (χ0v) is 16.4. The lowest BCUT2D eigenvalue weighted by Gasteiger charge is -2.19. The number of nitrogens with one attached hydrogen (secondary N) is 1.